The fraction of sp³-hybridized carbons (Fsp3) is 0.571. The number of thiophene rings is 1. The van der Waals surface area contributed by atoms with Gasteiger partial charge in [0.2, 0.25) is 0 Å². The number of urea groups is 1. The topological polar surface area (TPSA) is 70.1 Å². The fourth-order valence-electron chi connectivity index (χ4n) is 2.36. The van der Waals surface area contributed by atoms with Gasteiger partial charge < -0.3 is 19.6 Å². The number of carbonyl (C=O) groups excluding carboxylic acids is 1. The molecule has 7 heteroatoms. The van der Waals surface area contributed by atoms with Gasteiger partial charge in [-0.2, -0.15) is 0 Å². The first-order valence-electron chi connectivity index (χ1n) is 6.99. The minimum atomic E-state index is -0.912. The van der Waals surface area contributed by atoms with Gasteiger partial charge in [0.25, 0.3) is 0 Å². The molecule has 6 nitrogen and oxygen atoms in total. The summed E-state index contributed by atoms with van der Waals surface area (Å²) in [6, 6.07) is 3.45. The van der Waals surface area contributed by atoms with Crippen LogP contribution in [-0.4, -0.2) is 59.3 Å². The Morgan fingerprint density at radius 3 is 3.00 bits per heavy atom. The molecule has 0 bridgehead atoms. The lowest BCUT2D eigenvalue weighted by atomic mass is 10.1. The molecule has 1 aliphatic heterocycles. The van der Waals surface area contributed by atoms with Crippen molar-refractivity contribution in [2.24, 2.45) is 0 Å². The predicted molar refractivity (Wildman–Crippen MR) is 79.4 cm³/mol. The largest absolute Gasteiger partial charge is 0.481 e. The standard InChI is InChI=1S/C14H20N2O4S/c1-2-15(9-12-4-3-7-21-12)14(19)16-5-6-20-10-11(16)8-13(17)18/h3-4,7,11H,2,5-6,8-10H2,1H3,(H,17,18). The molecule has 1 unspecified atom stereocenters. The van der Waals surface area contributed by atoms with Gasteiger partial charge in [0.1, 0.15) is 0 Å². The van der Waals surface area contributed by atoms with E-state index in [-0.39, 0.29) is 25.1 Å². The number of aliphatic carboxylic acids is 1. The Hall–Kier alpha value is -1.60. The molecular formula is C14H20N2O4S. The van der Waals surface area contributed by atoms with Crippen molar-refractivity contribution in [2.45, 2.75) is 25.9 Å². The van der Waals surface area contributed by atoms with Crippen LogP contribution in [-0.2, 0) is 16.1 Å². The summed E-state index contributed by atoms with van der Waals surface area (Å²) in [5.41, 5.74) is 0. The van der Waals surface area contributed by atoms with Crippen LogP contribution in [0, 0.1) is 0 Å². The van der Waals surface area contributed by atoms with Crippen LogP contribution in [0.2, 0.25) is 0 Å². The van der Waals surface area contributed by atoms with Crippen molar-refractivity contribution in [1.29, 1.82) is 0 Å². The number of hydrogen-bond acceptors (Lipinski definition) is 4. The highest BCUT2D eigenvalue weighted by atomic mass is 32.1. The molecule has 1 N–H and O–H groups in total. The first-order chi connectivity index (χ1) is 10.1. The quantitative estimate of drug-likeness (QED) is 0.901. The van der Waals surface area contributed by atoms with Crippen LogP contribution in [0.4, 0.5) is 4.79 Å². The molecule has 1 aromatic heterocycles. The third-order valence-corrected chi connectivity index (χ3v) is 4.32. The van der Waals surface area contributed by atoms with Gasteiger partial charge >= 0.3 is 12.0 Å². The molecule has 0 spiro atoms. The molecule has 0 aliphatic carbocycles. The number of carboxylic acid groups (broad SMARTS) is 1. The number of hydrogen-bond donors (Lipinski definition) is 1. The molecule has 0 aromatic carbocycles. The Morgan fingerprint density at radius 2 is 2.38 bits per heavy atom. The molecule has 0 saturated carbocycles. The molecule has 1 fully saturated rings. The second-order valence-electron chi connectivity index (χ2n) is 4.90. The van der Waals surface area contributed by atoms with E-state index >= 15 is 0 Å². The van der Waals surface area contributed by atoms with Crippen LogP contribution in [0.3, 0.4) is 0 Å². The van der Waals surface area contributed by atoms with Crippen molar-refractivity contribution in [2.75, 3.05) is 26.3 Å². The van der Waals surface area contributed by atoms with Gasteiger partial charge in [-0.3, -0.25) is 4.79 Å². The predicted octanol–water partition coefficient (Wildman–Crippen LogP) is 1.87. The van der Waals surface area contributed by atoms with Gasteiger partial charge in [-0.1, -0.05) is 6.07 Å². The normalized spacial score (nSPS) is 18.5. The highest BCUT2D eigenvalue weighted by Crippen LogP contribution is 2.17. The average Bonchev–Trinajstić information content (AvgIpc) is 2.97. The van der Waals surface area contributed by atoms with Gasteiger partial charge in [0, 0.05) is 18.0 Å². The molecule has 2 amide bonds. The van der Waals surface area contributed by atoms with Crippen molar-refractivity contribution in [3.05, 3.63) is 22.4 Å². The molecule has 116 valence electrons. The van der Waals surface area contributed by atoms with Crippen molar-refractivity contribution < 1.29 is 19.4 Å². The first kappa shape index (κ1) is 15.8. The third kappa shape index (κ3) is 4.18. The Labute approximate surface area is 127 Å². The Kier molecular flexibility index (Phi) is 5.58. The van der Waals surface area contributed by atoms with Crippen molar-refractivity contribution >= 4 is 23.3 Å². The van der Waals surface area contributed by atoms with Crippen molar-refractivity contribution in [3.63, 3.8) is 0 Å². The van der Waals surface area contributed by atoms with Gasteiger partial charge in [-0.25, -0.2) is 4.79 Å². The van der Waals surface area contributed by atoms with Crippen LogP contribution in [0.1, 0.15) is 18.2 Å². The van der Waals surface area contributed by atoms with Crippen LogP contribution in [0.25, 0.3) is 0 Å². The summed E-state index contributed by atoms with van der Waals surface area (Å²) in [6.07, 6.45) is -0.0811. The number of ether oxygens (including phenoxy) is 1. The van der Waals surface area contributed by atoms with Gasteiger partial charge in [-0.15, -0.1) is 11.3 Å². The van der Waals surface area contributed by atoms with Crippen LogP contribution in [0.15, 0.2) is 17.5 Å². The minimum Gasteiger partial charge on any atom is -0.481 e. The zero-order chi connectivity index (χ0) is 15.2. The number of nitrogens with zero attached hydrogens (tertiary/aromatic N) is 2. The third-order valence-electron chi connectivity index (χ3n) is 3.46. The lowest BCUT2D eigenvalue weighted by Crippen LogP contribution is -2.54. The summed E-state index contributed by atoms with van der Waals surface area (Å²) in [7, 11) is 0. The summed E-state index contributed by atoms with van der Waals surface area (Å²) >= 11 is 1.61. The number of rotatable bonds is 5. The van der Waals surface area contributed by atoms with E-state index in [2.05, 4.69) is 0 Å². The molecule has 1 aromatic rings. The number of amides is 2. The monoisotopic (exact) mass is 312 g/mol. The number of morpholine rings is 1. The van der Waals surface area contributed by atoms with E-state index in [4.69, 9.17) is 9.84 Å². The Morgan fingerprint density at radius 1 is 1.57 bits per heavy atom. The maximum atomic E-state index is 12.7. The average molecular weight is 312 g/mol. The molecule has 1 aliphatic rings. The lowest BCUT2D eigenvalue weighted by Gasteiger charge is -2.38. The summed E-state index contributed by atoms with van der Waals surface area (Å²) in [5.74, 6) is -0.912. The zero-order valence-electron chi connectivity index (χ0n) is 12.0. The van der Waals surface area contributed by atoms with Crippen molar-refractivity contribution in [3.8, 4) is 0 Å². The smallest absolute Gasteiger partial charge is 0.320 e. The summed E-state index contributed by atoms with van der Waals surface area (Å²) in [6.45, 7) is 4.26. The molecule has 2 heterocycles. The summed E-state index contributed by atoms with van der Waals surface area (Å²) in [4.78, 5) is 28.1. The van der Waals surface area contributed by atoms with Crippen LogP contribution >= 0.6 is 11.3 Å². The van der Waals surface area contributed by atoms with Crippen molar-refractivity contribution in [1.82, 2.24) is 9.80 Å². The van der Waals surface area contributed by atoms with E-state index in [0.29, 0.717) is 26.2 Å². The maximum Gasteiger partial charge on any atom is 0.320 e. The molecule has 2 rings (SSSR count). The van der Waals surface area contributed by atoms with Gasteiger partial charge in [0.05, 0.1) is 32.2 Å². The van der Waals surface area contributed by atoms with Gasteiger partial charge in [0.15, 0.2) is 0 Å². The zero-order valence-corrected chi connectivity index (χ0v) is 12.8. The van der Waals surface area contributed by atoms with Gasteiger partial charge in [-0.05, 0) is 18.4 Å². The lowest BCUT2D eigenvalue weighted by molar-refractivity contribution is -0.139. The van der Waals surface area contributed by atoms with Crippen LogP contribution < -0.4 is 0 Å². The maximum absolute atomic E-state index is 12.7. The van der Waals surface area contributed by atoms with E-state index in [1.54, 1.807) is 21.1 Å². The highest BCUT2D eigenvalue weighted by Gasteiger charge is 2.31. The Balaban J connectivity index is 2.05. The summed E-state index contributed by atoms with van der Waals surface area (Å²) < 4.78 is 5.31. The number of carboxylic acids is 1. The van der Waals surface area contributed by atoms with E-state index in [1.807, 2.05) is 24.4 Å². The van der Waals surface area contributed by atoms with E-state index in [9.17, 15) is 9.59 Å². The van der Waals surface area contributed by atoms with E-state index in [1.165, 1.54) is 0 Å². The SMILES string of the molecule is CCN(Cc1cccs1)C(=O)N1CCOCC1CC(=O)O. The second-order valence-corrected chi connectivity index (χ2v) is 5.93. The van der Waals surface area contributed by atoms with E-state index in [0.717, 1.165) is 4.88 Å². The molecule has 21 heavy (non-hydrogen) atoms. The second kappa shape index (κ2) is 7.42. The Bertz CT molecular complexity index is 477. The van der Waals surface area contributed by atoms with E-state index < -0.39 is 5.97 Å². The molecule has 1 saturated heterocycles. The molecular weight excluding hydrogens is 292 g/mol. The highest BCUT2D eigenvalue weighted by molar-refractivity contribution is 7.09. The molecule has 1 atom stereocenters. The molecule has 0 radical (unpaired) electrons. The fourth-order valence-corrected chi connectivity index (χ4v) is 3.08. The summed E-state index contributed by atoms with van der Waals surface area (Å²) in [5, 5.41) is 10.9. The first-order valence-corrected chi connectivity index (χ1v) is 7.87. The minimum absolute atomic E-state index is 0.0811. The number of carbonyl (C=O) groups is 2. The van der Waals surface area contributed by atoms with Crippen LogP contribution in [0.5, 0.6) is 0 Å².